The molecular formula is C15H13N3O4S3. The van der Waals surface area contributed by atoms with E-state index in [-0.39, 0.29) is 24.6 Å². The summed E-state index contributed by atoms with van der Waals surface area (Å²) in [5.74, 6) is -1.44. The van der Waals surface area contributed by atoms with Crippen molar-refractivity contribution in [3.63, 3.8) is 0 Å². The topological polar surface area (TPSA) is 99.1 Å². The van der Waals surface area contributed by atoms with Gasteiger partial charge in [-0.05, 0) is 29.2 Å². The van der Waals surface area contributed by atoms with E-state index in [2.05, 4.69) is 27.7 Å². The number of aliphatic imine (C=N–C) groups is 1. The van der Waals surface area contributed by atoms with Gasteiger partial charge in [-0.1, -0.05) is 6.07 Å². The SMILES string of the molecule is O=C(Cc1cccs1)N[C@@H]1C(=O)N2C(C(=O)O)=C(CN=C=S)CS[C@H]12. The maximum absolute atomic E-state index is 12.4. The highest BCUT2D eigenvalue weighted by atomic mass is 32.2. The third-order valence-electron chi connectivity index (χ3n) is 3.82. The van der Waals surface area contributed by atoms with Gasteiger partial charge in [-0.3, -0.25) is 14.5 Å². The Morgan fingerprint density at radius 3 is 2.96 bits per heavy atom. The van der Waals surface area contributed by atoms with Crippen molar-refractivity contribution in [3.8, 4) is 0 Å². The lowest BCUT2D eigenvalue weighted by Gasteiger charge is -2.49. The Hall–Kier alpha value is -2.00. The number of isothiocyanates is 1. The van der Waals surface area contributed by atoms with Crippen LogP contribution in [0.15, 0.2) is 33.8 Å². The second-order valence-corrected chi connectivity index (χ2v) is 7.70. The van der Waals surface area contributed by atoms with Crippen LogP contribution < -0.4 is 5.32 Å². The number of hydrogen-bond donors (Lipinski definition) is 2. The lowest BCUT2D eigenvalue weighted by molar-refractivity contribution is -0.150. The number of thiocarbonyl (C=S) groups is 1. The zero-order valence-electron chi connectivity index (χ0n) is 12.8. The van der Waals surface area contributed by atoms with Gasteiger partial charge in [-0.2, -0.15) is 0 Å². The zero-order chi connectivity index (χ0) is 18.0. The number of rotatable bonds is 6. The molecule has 2 atom stereocenters. The number of hydrogen-bond acceptors (Lipinski definition) is 7. The molecule has 2 N–H and O–H groups in total. The van der Waals surface area contributed by atoms with E-state index in [9.17, 15) is 19.5 Å². The van der Waals surface area contributed by atoms with E-state index in [0.717, 1.165) is 4.88 Å². The predicted molar refractivity (Wildman–Crippen MR) is 97.6 cm³/mol. The quantitative estimate of drug-likeness (QED) is 0.426. The number of carboxylic acids is 1. The van der Waals surface area contributed by atoms with Gasteiger partial charge in [0.05, 0.1) is 18.1 Å². The van der Waals surface area contributed by atoms with Crippen molar-refractivity contribution in [1.82, 2.24) is 10.2 Å². The Kier molecular flexibility index (Phi) is 5.33. The molecule has 0 aliphatic carbocycles. The second-order valence-electron chi connectivity index (χ2n) is 5.38. The number of carboxylic acid groups (broad SMARTS) is 1. The van der Waals surface area contributed by atoms with Crippen LogP contribution in [0.3, 0.4) is 0 Å². The highest BCUT2D eigenvalue weighted by Gasteiger charge is 2.54. The van der Waals surface area contributed by atoms with Gasteiger partial charge in [-0.15, -0.1) is 23.1 Å². The molecule has 1 aromatic heterocycles. The van der Waals surface area contributed by atoms with Crippen molar-refractivity contribution in [3.05, 3.63) is 33.7 Å². The molecule has 3 heterocycles. The minimum absolute atomic E-state index is 0.0634. The minimum atomic E-state index is -1.18. The first kappa shape index (κ1) is 17.8. The Morgan fingerprint density at radius 2 is 2.32 bits per heavy atom. The van der Waals surface area contributed by atoms with Gasteiger partial charge >= 0.3 is 5.97 Å². The summed E-state index contributed by atoms with van der Waals surface area (Å²) < 4.78 is 0. The standard InChI is InChI=1S/C15H13N3O4S3/c19-10(4-9-2-1-3-24-9)17-11-13(20)18-12(15(21)22)8(5-16-7-23)6-25-14(11)18/h1-3,11,14H,4-6H2,(H,17,19)(H,21,22)/t11-,14-/m1/s1. The summed E-state index contributed by atoms with van der Waals surface area (Å²) in [6.45, 7) is 0.101. The normalized spacial score (nSPS) is 21.9. The summed E-state index contributed by atoms with van der Waals surface area (Å²) in [5, 5.41) is 15.8. The van der Waals surface area contributed by atoms with Crippen molar-refractivity contribution < 1.29 is 19.5 Å². The average molecular weight is 395 g/mol. The van der Waals surface area contributed by atoms with E-state index >= 15 is 0 Å². The van der Waals surface area contributed by atoms with Crippen LogP contribution in [0.5, 0.6) is 0 Å². The Labute approximate surface area is 156 Å². The Morgan fingerprint density at radius 1 is 1.52 bits per heavy atom. The van der Waals surface area contributed by atoms with Gasteiger partial charge < -0.3 is 10.4 Å². The van der Waals surface area contributed by atoms with Gasteiger partial charge in [0.2, 0.25) is 5.91 Å². The van der Waals surface area contributed by atoms with Crippen molar-refractivity contribution in [1.29, 1.82) is 0 Å². The third-order valence-corrected chi connectivity index (χ3v) is 6.16. The smallest absolute Gasteiger partial charge is 0.352 e. The molecule has 130 valence electrons. The van der Waals surface area contributed by atoms with Crippen LogP contribution in [0.1, 0.15) is 4.88 Å². The molecule has 1 fully saturated rings. The van der Waals surface area contributed by atoms with Crippen LogP contribution >= 0.6 is 35.3 Å². The lowest BCUT2D eigenvalue weighted by atomic mass is 10.0. The van der Waals surface area contributed by atoms with Crippen molar-refractivity contribution in [2.75, 3.05) is 12.3 Å². The van der Waals surface area contributed by atoms with E-state index in [1.54, 1.807) is 0 Å². The molecule has 1 aromatic rings. The van der Waals surface area contributed by atoms with Gasteiger partial charge in [0.25, 0.3) is 5.91 Å². The van der Waals surface area contributed by atoms with E-state index in [4.69, 9.17) is 0 Å². The summed E-state index contributed by atoms with van der Waals surface area (Å²) in [4.78, 5) is 42.0. The number of β-lactam (4-membered cyclic amide) rings is 1. The predicted octanol–water partition coefficient (Wildman–Crippen LogP) is 1.13. The number of thiophene rings is 1. The third kappa shape index (κ3) is 3.52. The summed E-state index contributed by atoms with van der Waals surface area (Å²) in [7, 11) is 0. The number of fused-ring (bicyclic) bond motifs is 1. The fourth-order valence-corrected chi connectivity index (χ4v) is 4.83. The average Bonchev–Trinajstić information content (AvgIpc) is 3.09. The van der Waals surface area contributed by atoms with E-state index in [1.807, 2.05) is 17.5 Å². The number of amides is 2. The molecule has 0 radical (unpaired) electrons. The zero-order valence-corrected chi connectivity index (χ0v) is 15.2. The summed E-state index contributed by atoms with van der Waals surface area (Å²) in [5.41, 5.74) is 0.453. The summed E-state index contributed by atoms with van der Waals surface area (Å²) in [6, 6.07) is 3.00. The summed E-state index contributed by atoms with van der Waals surface area (Å²) in [6.07, 6.45) is 0.203. The first-order chi connectivity index (χ1) is 12.0. The number of thioether (sulfide) groups is 1. The lowest BCUT2D eigenvalue weighted by Crippen LogP contribution is -2.70. The number of nitrogens with one attached hydrogen (secondary N) is 1. The number of carbonyl (C=O) groups is 3. The van der Waals surface area contributed by atoms with Crippen LogP contribution in [-0.4, -0.2) is 56.7 Å². The first-order valence-corrected chi connectivity index (χ1v) is 9.62. The maximum atomic E-state index is 12.4. The van der Waals surface area contributed by atoms with Crippen molar-refractivity contribution >= 4 is 58.3 Å². The number of aliphatic carboxylic acids is 1. The van der Waals surface area contributed by atoms with Gasteiger partial charge in [0, 0.05) is 10.6 Å². The molecule has 2 aliphatic heterocycles. The Bertz CT molecular complexity index is 799. The monoisotopic (exact) mass is 395 g/mol. The molecule has 2 amide bonds. The second kappa shape index (κ2) is 7.49. The largest absolute Gasteiger partial charge is 0.477 e. The van der Waals surface area contributed by atoms with Crippen LogP contribution in [0, 0.1) is 0 Å². The molecule has 25 heavy (non-hydrogen) atoms. The molecule has 0 unspecified atom stereocenters. The molecule has 2 aliphatic rings. The molecular weight excluding hydrogens is 382 g/mol. The number of nitrogens with zero attached hydrogens (tertiary/aromatic N) is 2. The Balaban J connectivity index is 1.71. The molecule has 1 saturated heterocycles. The van der Waals surface area contributed by atoms with Gasteiger partial charge in [0.15, 0.2) is 0 Å². The van der Waals surface area contributed by atoms with Gasteiger partial charge in [-0.25, -0.2) is 9.79 Å². The van der Waals surface area contributed by atoms with E-state index in [0.29, 0.717) is 11.3 Å². The van der Waals surface area contributed by atoms with E-state index < -0.39 is 23.3 Å². The van der Waals surface area contributed by atoms with Crippen LogP contribution in [-0.2, 0) is 20.8 Å². The molecule has 0 saturated carbocycles. The van der Waals surface area contributed by atoms with Crippen LogP contribution in [0.2, 0.25) is 0 Å². The molecule has 0 spiro atoms. The highest BCUT2D eigenvalue weighted by molar-refractivity contribution is 8.00. The minimum Gasteiger partial charge on any atom is -0.477 e. The fourth-order valence-electron chi connectivity index (χ4n) is 2.73. The number of carbonyl (C=O) groups excluding carboxylic acids is 2. The van der Waals surface area contributed by atoms with E-state index in [1.165, 1.54) is 28.0 Å². The molecule has 10 heteroatoms. The molecule has 0 aromatic carbocycles. The van der Waals surface area contributed by atoms with Crippen molar-refractivity contribution in [2.24, 2.45) is 4.99 Å². The highest BCUT2D eigenvalue weighted by Crippen LogP contribution is 2.40. The van der Waals surface area contributed by atoms with Gasteiger partial charge in [0.1, 0.15) is 17.1 Å². The maximum Gasteiger partial charge on any atom is 0.352 e. The molecule has 7 nitrogen and oxygen atoms in total. The van der Waals surface area contributed by atoms with Crippen molar-refractivity contribution in [2.45, 2.75) is 17.8 Å². The molecule has 0 bridgehead atoms. The fraction of sp³-hybridized carbons (Fsp3) is 0.333. The van der Waals surface area contributed by atoms with Crippen LogP contribution in [0.25, 0.3) is 0 Å². The van der Waals surface area contributed by atoms with Crippen LogP contribution in [0.4, 0.5) is 0 Å². The summed E-state index contributed by atoms with van der Waals surface area (Å²) >= 11 is 7.38. The first-order valence-electron chi connectivity index (χ1n) is 7.28. The molecule has 3 rings (SSSR count).